The van der Waals surface area contributed by atoms with Crippen molar-refractivity contribution in [3.63, 3.8) is 0 Å². The number of rotatable bonds is 5. The molecule has 0 saturated carbocycles. The molecule has 0 spiro atoms. The van der Waals surface area contributed by atoms with E-state index in [1.165, 1.54) is 23.6 Å². The second-order valence-electron chi connectivity index (χ2n) is 8.33. The van der Waals surface area contributed by atoms with Crippen LogP contribution in [0.1, 0.15) is 44.0 Å². The molecule has 1 aromatic carbocycles. The number of morpholine rings is 1. The van der Waals surface area contributed by atoms with Crippen LogP contribution in [0.25, 0.3) is 0 Å². The van der Waals surface area contributed by atoms with Crippen LogP contribution in [0.3, 0.4) is 0 Å². The summed E-state index contributed by atoms with van der Waals surface area (Å²) in [4.78, 5) is 33.2. The number of carbonyl (C=O) groups is 2. The highest BCUT2D eigenvalue weighted by molar-refractivity contribution is 7.17. The molecule has 34 heavy (non-hydrogen) atoms. The number of pyridine rings is 1. The maximum Gasteiger partial charge on any atom is 0.258 e. The summed E-state index contributed by atoms with van der Waals surface area (Å²) in [6.45, 7) is 2.39. The predicted molar refractivity (Wildman–Crippen MR) is 131 cm³/mol. The van der Waals surface area contributed by atoms with Gasteiger partial charge in [-0.05, 0) is 61.6 Å². The number of nitrogens with one attached hydrogen (secondary N) is 2. The van der Waals surface area contributed by atoms with Crippen LogP contribution >= 0.6 is 11.3 Å². The lowest BCUT2D eigenvalue weighted by molar-refractivity contribution is 0.102. The van der Waals surface area contributed by atoms with E-state index in [2.05, 4.69) is 15.6 Å². The van der Waals surface area contributed by atoms with E-state index in [0.717, 1.165) is 36.1 Å². The van der Waals surface area contributed by atoms with Crippen LogP contribution in [-0.2, 0) is 17.6 Å². The lowest BCUT2D eigenvalue weighted by Crippen LogP contribution is -2.36. The Bertz CT molecular complexity index is 1210. The zero-order valence-corrected chi connectivity index (χ0v) is 19.4. The first-order chi connectivity index (χ1) is 16.6. The van der Waals surface area contributed by atoms with Crippen LogP contribution in [0.4, 0.5) is 20.8 Å². The molecule has 0 bridgehead atoms. The molecule has 2 N–H and O–H groups in total. The number of benzene rings is 1. The number of aryl methyl sites for hydroxylation is 1. The standard InChI is InChI=1S/C25H25FN4O3S/c26-19-14-17(7-8-20(19)30-10-12-33-13-11-30)28-24(32)22-18-5-1-2-6-21(18)34-25(22)29-23(31)16-4-3-9-27-15-16/h3-4,7-9,14-15H,1-2,5-6,10-13H2,(H,28,32)(H,29,31). The van der Waals surface area contributed by atoms with E-state index in [9.17, 15) is 14.0 Å². The summed E-state index contributed by atoms with van der Waals surface area (Å²) in [5, 5.41) is 6.26. The number of fused-ring (bicyclic) bond motifs is 1. The van der Waals surface area contributed by atoms with Crippen LogP contribution in [0.5, 0.6) is 0 Å². The largest absolute Gasteiger partial charge is 0.378 e. The SMILES string of the molecule is O=C(Nc1sc2c(c1C(=O)Nc1ccc(N3CCOCC3)c(F)c1)CCCC2)c1cccnc1. The molecule has 2 aromatic heterocycles. The summed E-state index contributed by atoms with van der Waals surface area (Å²) < 4.78 is 20.2. The van der Waals surface area contributed by atoms with Gasteiger partial charge in [0.25, 0.3) is 11.8 Å². The van der Waals surface area contributed by atoms with Crippen LogP contribution in [0.15, 0.2) is 42.7 Å². The Kier molecular flexibility index (Phi) is 6.55. The number of halogens is 1. The van der Waals surface area contributed by atoms with Crippen LogP contribution in [-0.4, -0.2) is 43.1 Å². The van der Waals surface area contributed by atoms with Gasteiger partial charge in [-0.3, -0.25) is 14.6 Å². The first-order valence-electron chi connectivity index (χ1n) is 11.4. The fourth-order valence-corrected chi connectivity index (χ4v) is 5.69. The van der Waals surface area contributed by atoms with Gasteiger partial charge >= 0.3 is 0 Å². The second kappa shape index (κ2) is 9.90. The molecule has 7 nitrogen and oxygen atoms in total. The number of ether oxygens (including phenoxy) is 1. The monoisotopic (exact) mass is 480 g/mol. The van der Waals surface area contributed by atoms with Crippen molar-refractivity contribution in [2.24, 2.45) is 0 Å². The van der Waals surface area contributed by atoms with Gasteiger partial charge in [0.05, 0.1) is 30.0 Å². The molecule has 1 saturated heterocycles. The average molecular weight is 481 g/mol. The van der Waals surface area contributed by atoms with Crippen LogP contribution in [0, 0.1) is 5.82 Å². The number of hydrogen-bond acceptors (Lipinski definition) is 6. The number of hydrogen-bond donors (Lipinski definition) is 2. The number of anilines is 3. The minimum Gasteiger partial charge on any atom is -0.378 e. The summed E-state index contributed by atoms with van der Waals surface area (Å²) in [6, 6.07) is 8.10. The first kappa shape index (κ1) is 22.5. The minimum atomic E-state index is -0.392. The summed E-state index contributed by atoms with van der Waals surface area (Å²) in [6.07, 6.45) is 6.79. The van der Waals surface area contributed by atoms with Gasteiger partial charge in [0, 0.05) is 36.0 Å². The highest BCUT2D eigenvalue weighted by Crippen LogP contribution is 2.39. The summed E-state index contributed by atoms with van der Waals surface area (Å²) in [5.74, 6) is -1.06. The molecule has 1 aliphatic heterocycles. The second-order valence-corrected chi connectivity index (χ2v) is 9.44. The quantitative estimate of drug-likeness (QED) is 0.562. The van der Waals surface area contributed by atoms with Crippen molar-refractivity contribution in [1.29, 1.82) is 0 Å². The molecule has 3 heterocycles. The fourth-order valence-electron chi connectivity index (χ4n) is 4.41. The van der Waals surface area contributed by atoms with Gasteiger partial charge in [-0.1, -0.05) is 0 Å². The van der Waals surface area contributed by atoms with E-state index in [4.69, 9.17) is 4.74 Å². The topological polar surface area (TPSA) is 83.6 Å². The van der Waals surface area contributed by atoms with Gasteiger partial charge in [-0.15, -0.1) is 11.3 Å². The molecule has 176 valence electrons. The van der Waals surface area contributed by atoms with E-state index < -0.39 is 5.82 Å². The summed E-state index contributed by atoms with van der Waals surface area (Å²) in [7, 11) is 0. The Morgan fingerprint density at radius 1 is 1.06 bits per heavy atom. The van der Waals surface area contributed by atoms with Crippen molar-refractivity contribution >= 4 is 39.5 Å². The van der Waals surface area contributed by atoms with Crippen LogP contribution in [0.2, 0.25) is 0 Å². The zero-order chi connectivity index (χ0) is 23.5. The van der Waals surface area contributed by atoms with Crippen molar-refractivity contribution in [1.82, 2.24) is 4.98 Å². The number of amides is 2. The van der Waals surface area contributed by atoms with Crippen molar-refractivity contribution in [3.8, 4) is 0 Å². The maximum atomic E-state index is 14.8. The molecule has 9 heteroatoms. The van der Waals surface area contributed by atoms with E-state index in [1.54, 1.807) is 30.5 Å². The number of nitrogens with zero attached hydrogens (tertiary/aromatic N) is 2. The van der Waals surface area contributed by atoms with E-state index >= 15 is 0 Å². The normalized spacial score (nSPS) is 15.5. The van der Waals surface area contributed by atoms with Crippen molar-refractivity contribution in [3.05, 3.63) is 70.1 Å². The van der Waals surface area contributed by atoms with E-state index in [-0.39, 0.29) is 11.8 Å². The average Bonchev–Trinajstić information content (AvgIpc) is 3.23. The highest BCUT2D eigenvalue weighted by Gasteiger charge is 2.27. The molecule has 2 amide bonds. The molecular formula is C25H25FN4O3S. The van der Waals surface area contributed by atoms with Crippen molar-refractivity contribution in [2.75, 3.05) is 41.8 Å². The Morgan fingerprint density at radius 2 is 1.88 bits per heavy atom. The van der Waals surface area contributed by atoms with Gasteiger partial charge in [-0.25, -0.2) is 4.39 Å². The number of carbonyl (C=O) groups excluding carboxylic acids is 2. The van der Waals surface area contributed by atoms with Crippen molar-refractivity contribution < 1.29 is 18.7 Å². The molecule has 0 radical (unpaired) electrons. The van der Waals surface area contributed by atoms with Crippen LogP contribution < -0.4 is 15.5 Å². The zero-order valence-electron chi connectivity index (χ0n) is 18.6. The van der Waals surface area contributed by atoms with Gasteiger partial charge in [0.1, 0.15) is 10.8 Å². The number of thiophene rings is 1. The van der Waals surface area contributed by atoms with E-state index in [1.807, 2.05) is 4.90 Å². The molecular weight excluding hydrogens is 455 g/mol. The Morgan fingerprint density at radius 3 is 2.65 bits per heavy atom. The molecule has 2 aliphatic rings. The van der Waals surface area contributed by atoms with Gasteiger partial charge in [-0.2, -0.15) is 0 Å². The van der Waals surface area contributed by atoms with E-state index in [0.29, 0.717) is 53.8 Å². The lowest BCUT2D eigenvalue weighted by Gasteiger charge is -2.29. The Balaban J connectivity index is 1.39. The molecule has 1 aliphatic carbocycles. The number of aromatic nitrogens is 1. The molecule has 0 atom stereocenters. The molecule has 0 unspecified atom stereocenters. The Labute approximate surface area is 201 Å². The third-order valence-electron chi connectivity index (χ3n) is 6.11. The first-order valence-corrected chi connectivity index (χ1v) is 12.2. The predicted octanol–water partition coefficient (Wildman–Crippen LogP) is 4.50. The smallest absolute Gasteiger partial charge is 0.258 e. The third-order valence-corrected chi connectivity index (χ3v) is 7.31. The highest BCUT2D eigenvalue weighted by atomic mass is 32.1. The minimum absolute atomic E-state index is 0.318. The van der Waals surface area contributed by atoms with Gasteiger partial charge in [0.2, 0.25) is 0 Å². The third kappa shape index (κ3) is 4.67. The summed E-state index contributed by atoms with van der Waals surface area (Å²) >= 11 is 1.44. The lowest BCUT2D eigenvalue weighted by atomic mass is 9.95. The Hall–Kier alpha value is -3.30. The summed E-state index contributed by atoms with van der Waals surface area (Å²) in [5.41, 5.74) is 2.73. The van der Waals surface area contributed by atoms with Gasteiger partial charge < -0.3 is 20.3 Å². The molecule has 1 fully saturated rings. The molecule has 5 rings (SSSR count). The fraction of sp³-hybridized carbons (Fsp3) is 0.320. The maximum absolute atomic E-state index is 14.8. The molecule has 3 aromatic rings. The van der Waals surface area contributed by atoms with Crippen molar-refractivity contribution in [2.45, 2.75) is 25.7 Å². The van der Waals surface area contributed by atoms with Gasteiger partial charge in [0.15, 0.2) is 0 Å².